The minimum Gasteiger partial charge on any atom is -0.497 e. The molecule has 180 valence electrons. The van der Waals surface area contributed by atoms with Gasteiger partial charge in [0.1, 0.15) is 28.6 Å². The molecule has 2 heterocycles. The van der Waals surface area contributed by atoms with Crippen molar-refractivity contribution in [3.05, 3.63) is 72.1 Å². The molecule has 2 aromatic carbocycles. The highest BCUT2D eigenvalue weighted by Crippen LogP contribution is 2.41. The lowest BCUT2D eigenvalue weighted by Gasteiger charge is -2.13. The maximum absolute atomic E-state index is 12.7. The van der Waals surface area contributed by atoms with Gasteiger partial charge in [0.25, 0.3) is 0 Å². The maximum atomic E-state index is 12.7. The first kappa shape index (κ1) is 23.9. The summed E-state index contributed by atoms with van der Waals surface area (Å²) in [5, 5.41) is 3.67. The molecule has 0 spiro atoms. The second-order valence-corrected chi connectivity index (χ2v) is 8.03. The highest BCUT2D eigenvalue weighted by atomic mass is 16.5. The first-order chi connectivity index (χ1) is 16.9. The highest BCUT2D eigenvalue weighted by Gasteiger charge is 2.18. The number of rotatable bonds is 8. The molecule has 1 amide bonds. The van der Waals surface area contributed by atoms with Gasteiger partial charge in [-0.25, -0.2) is 4.98 Å². The van der Waals surface area contributed by atoms with E-state index >= 15 is 0 Å². The second kappa shape index (κ2) is 10.3. The SMILES string of the molecule is CCOc1cc2occ(-c3cc(OC)ccc3OC)c2cc1/C(C)=C/C(=O)Nc1ccc(C)cn1. The Morgan fingerprint density at radius 3 is 2.57 bits per heavy atom. The Hall–Kier alpha value is -4.26. The summed E-state index contributed by atoms with van der Waals surface area (Å²) in [5.41, 5.74) is 4.90. The number of methoxy groups -OCH3 is 2. The lowest BCUT2D eigenvalue weighted by atomic mass is 9.98. The maximum Gasteiger partial charge on any atom is 0.249 e. The quantitative estimate of drug-likeness (QED) is 0.305. The Kier molecular flexibility index (Phi) is 7.06. The van der Waals surface area contributed by atoms with E-state index in [1.807, 2.05) is 57.2 Å². The van der Waals surface area contributed by atoms with Crippen LogP contribution in [0.2, 0.25) is 0 Å². The van der Waals surface area contributed by atoms with Gasteiger partial charge in [0.05, 0.1) is 27.1 Å². The third-order valence-electron chi connectivity index (χ3n) is 5.61. The first-order valence-corrected chi connectivity index (χ1v) is 11.3. The molecule has 7 nitrogen and oxygen atoms in total. The molecule has 0 aliphatic heterocycles. The number of nitrogens with one attached hydrogen (secondary N) is 1. The van der Waals surface area contributed by atoms with Crippen LogP contribution in [0.3, 0.4) is 0 Å². The summed E-state index contributed by atoms with van der Waals surface area (Å²) in [5.74, 6) is 2.25. The number of hydrogen-bond donors (Lipinski definition) is 1. The number of nitrogens with zero attached hydrogens (tertiary/aromatic N) is 1. The largest absolute Gasteiger partial charge is 0.497 e. The summed E-state index contributed by atoms with van der Waals surface area (Å²) < 4.78 is 22.8. The summed E-state index contributed by atoms with van der Waals surface area (Å²) in [7, 11) is 3.25. The number of carbonyl (C=O) groups excluding carboxylic acids is 1. The number of furan rings is 1. The van der Waals surface area contributed by atoms with Crippen LogP contribution in [0, 0.1) is 6.92 Å². The van der Waals surface area contributed by atoms with E-state index in [9.17, 15) is 4.79 Å². The Bertz CT molecular complexity index is 1390. The summed E-state index contributed by atoms with van der Waals surface area (Å²) in [6.45, 7) is 6.21. The number of benzene rings is 2. The van der Waals surface area contributed by atoms with Crippen molar-refractivity contribution in [3.8, 4) is 28.4 Å². The van der Waals surface area contributed by atoms with Crippen LogP contribution in [-0.4, -0.2) is 31.7 Å². The Balaban J connectivity index is 1.77. The van der Waals surface area contributed by atoms with E-state index in [4.69, 9.17) is 18.6 Å². The van der Waals surface area contributed by atoms with Gasteiger partial charge in [0, 0.05) is 40.4 Å². The van der Waals surface area contributed by atoms with Crippen molar-refractivity contribution in [1.29, 1.82) is 0 Å². The number of pyridine rings is 1. The van der Waals surface area contributed by atoms with Gasteiger partial charge in [-0.2, -0.15) is 0 Å². The Morgan fingerprint density at radius 1 is 1.06 bits per heavy atom. The number of hydrogen-bond acceptors (Lipinski definition) is 6. The van der Waals surface area contributed by atoms with Gasteiger partial charge in [0.2, 0.25) is 5.91 Å². The summed E-state index contributed by atoms with van der Waals surface area (Å²) in [6, 6.07) is 13.1. The third kappa shape index (κ3) is 5.14. The number of carbonyl (C=O) groups is 1. The molecule has 2 aromatic heterocycles. The van der Waals surface area contributed by atoms with E-state index in [0.29, 0.717) is 35.3 Å². The van der Waals surface area contributed by atoms with E-state index < -0.39 is 0 Å². The van der Waals surface area contributed by atoms with Crippen LogP contribution in [0.4, 0.5) is 5.82 Å². The van der Waals surface area contributed by atoms with Gasteiger partial charge < -0.3 is 23.9 Å². The van der Waals surface area contributed by atoms with Crippen molar-refractivity contribution in [3.63, 3.8) is 0 Å². The van der Waals surface area contributed by atoms with E-state index in [1.54, 1.807) is 32.7 Å². The zero-order valence-electron chi connectivity index (χ0n) is 20.5. The molecule has 0 aliphatic rings. The van der Waals surface area contributed by atoms with Crippen LogP contribution in [0.1, 0.15) is 25.0 Å². The van der Waals surface area contributed by atoms with Crippen molar-refractivity contribution < 1.29 is 23.4 Å². The molecule has 4 rings (SSSR count). The molecule has 0 bridgehead atoms. The summed E-state index contributed by atoms with van der Waals surface area (Å²) >= 11 is 0. The van der Waals surface area contributed by atoms with Crippen LogP contribution in [0.5, 0.6) is 17.2 Å². The number of aryl methyl sites for hydroxylation is 1. The van der Waals surface area contributed by atoms with Crippen LogP contribution in [-0.2, 0) is 4.79 Å². The molecule has 7 heteroatoms. The zero-order chi connectivity index (χ0) is 24.9. The molecule has 0 unspecified atom stereocenters. The number of anilines is 1. The number of fused-ring (bicyclic) bond motifs is 1. The summed E-state index contributed by atoms with van der Waals surface area (Å²) in [6.07, 6.45) is 4.94. The van der Waals surface area contributed by atoms with Gasteiger partial charge in [-0.3, -0.25) is 4.79 Å². The molecule has 0 radical (unpaired) electrons. The minimum atomic E-state index is -0.275. The smallest absolute Gasteiger partial charge is 0.249 e. The predicted octanol–water partition coefficient (Wildman–Crippen LogP) is 6.26. The molecular formula is C28H28N2O5. The highest BCUT2D eigenvalue weighted by molar-refractivity contribution is 6.05. The molecular weight excluding hydrogens is 444 g/mol. The van der Waals surface area contributed by atoms with Crippen LogP contribution < -0.4 is 19.5 Å². The average Bonchev–Trinajstić information content (AvgIpc) is 3.27. The molecule has 4 aromatic rings. The number of amides is 1. The second-order valence-electron chi connectivity index (χ2n) is 8.03. The predicted molar refractivity (Wildman–Crippen MR) is 137 cm³/mol. The summed E-state index contributed by atoms with van der Waals surface area (Å²) in [4.78, 5) is 16.9. The van der Waals surface area contributed by atoms with E-state index in [1.165, 1.54) is 6.08 Å². The molecule has 0 fully saturated rings. The van der Waals surface area contributed by atoms with Gasteiger partial charge in [-0.1, -0.05) is 6.07 Å². The van der Waals surface area contributed by atoms with Gasteiger partial charge in [-0.15, -0.1) is 0 Å². The molecule has 1 N–H and O–H groups in total. The van der Waals surface area contributed by atoms with Crippen molar-refractivity contribution in [2.75, 3.05) is 26.1 Å². The van der Waals surface area contributed by atoms with E-state index in [0.717, 1.165) is 33.2 Å². The van der Waals surface area contributed by atoms with Crippen LogP contribution in [0.15, 0.2) is 65.4 Å². The van der Waals surface area contributed by atoms with Crippen molar-refractivity contribution in [2.24, 2.45) is 0 Å². The number of aromatic nitrogens is 1. The van der Waals surface area contributed by atoms with E-state index in [-0.39, 0.29) is 5.91 Å². The zero-order valence-corrected chi connectivity index (χ0v) is 20.5. The van der Waals surface area contributed by atoms with Gasteiger partial charge >= 0.3 is 0 Å². The third-order valence-corrected chi connectivity index (χ3v) is 5.61. The fraction of sp³-hybridized carbons (Fsp3) is 0.214. The normalized spacial score (nSPS) is 11.4. The van der Waals surface area contributed by atoms with E-state index in [2.05, 4.69) is 10.3 Å². The lowest BCUT2D eigenvalue weighted by molar-refractivity contribution is -0.111. The Morgan fingerprint density at radius 2 is 1.89 bits per heavy atom. The fourth-order valence-corrected chi connectivity index (χ4v) is 3.85. The van der Waals surface area contributed by atoms with Gasteiger partial charge in [0.15, 0.2) is 0 Å². The molecule has 0 saturated carbocycles. The average molecular weight is 473 g/mol. The van der Waals surface area contributed by atoms with Crippen LogP contribution in [0.25, 0.3) is 27.7 Å². The fourth-order valence-electron chi connectivity index (χ4n) is 3.85. The minimum absolute atomic E-state index is 0.275. The topological polar surface area (TPSA) is 82.8 Å². The molecule has 0 saturated heterocycles. The van der Waals surface area contributed by atoms with Gasteiger partial charge in [-0.05, 0) is 62.2 Å². The first-order valence-electron chi connectivity index (χ1n) is 11.3. The van der Waals surface area contributed by atoms with Crippen molar-refractivity contribution in [2.45, 2.75) is 20.8 Å². The monoisotopic (exact) mass is 472 g/mol. The molecule has 0 atom stereocenters. The standard InChI is InChI=1S/C28H28N2O5/c1-6-34-25-14-26-22(23(16-35-26)21-12-19(32-4)8-9-24(21)33-5)13-20(25)18(3)11-28(31)30-27-10-7-17(2)15-29-27/h7-16H,6H2,1-5H3,(H,29,30,31)/b18-11+. The van der Waals surface area contributed by atoms with Crippen LogP contribution >= 0.6 is 0 Å². The molecule has 0 aliphatic carbocycles. The van der Waals surface area contributed by atoms with Crippen molar-refractivity contribution in [1.82, 2.24) is 4.98 Å². The molecule has 35 heavy (non-hydrogen) atoms. The number of allylic oxidation sites excluding steroid dienone is 1. The van der Waals surface area contributed by atoms with Crippen molar-refractivity contribution >= 4 is 28.3 Å². The number of ether oxygens (including phenoxy) is 3. The Labute approximate surface area is 204 Å². The lowest BCUT2D eigenvalue weighted by Crippen LogP contribution is -2.10.